The number of likely N-dealkylation sites (N-methyl/N-ethyl adjacent to an activating group) is 1. The number of benzene rings is 1. The van der Waals surface area contributed by atoms with Crippen LogP contribution in [0.2, 0.25) is 0 Å². The van der Waals surface area contributed by atoms with Crippen molar-refractivity contribution >= 4 is 0 Å². The van der Waals surface area contributed by atoms with Crippen LogP contribution in [0, 0.1) is 0 Å². The Hall–Kier alpha value is -0.860. The Balaban J connectivity index is 1.79. The van der Waals surface area contributed by atoms with E-state index in [1.807, 2.05) is 0 Å². The third kappa shape index (κ3) is 3.56. The molecule has 1 aromatic carbocycles. The molecule has 18 heavy (non-hydrogen) atoms. The molecule has 100 valence electrons. The molecule has 1 saturated carbocycles. The maximum atomic E-state index is 3.55. The van der Waals surface area contributed by atoms with Gasteiger partial charge >= 0.3 is 0 Å². The van der Waals surface area contributed by atoms with E-state index in [0.717, 1.165) is 19.0 Å². The number of nitrogens with one attached hydrogen (secondary N) is 1. The zero-order valence-electron chi connectivity index (χ0n) is 12.2. The van der Waals surface area contributed by atoms with Crippen LogP contribution in [-0.2, 0) is 6.54 Å². The highest BCUT2D eigenvalue weighted by Gasteiger charge is 2.23. The summed E-state index contributed by atoms with van der Waals surface area (Å²) in [5.41, 5.74) is 3.11. The zero-order chi connectivity index (χ0) is 13.2. The van der Waals surface area contributed by atoms with Gasteiger partial charge in [0.25, 0.3) is 0 Å². The van der Waals surface area contributed by atoms with Crippen molar-refractivity contribution in [3.8, 4) is 0 Å². The quantitative estimate of drug-likeness (QED) is 0.830. The number of hydrogen-bond acceptors (Lipinski definition) is 2. The van der Waals surface area contributed by atoms with Crippen molar-refractivity contribution in [1.82, 2.24) is 10.2 Å². The second-order valence-electron chi connectivity index (χ2n) is 6.33. The van der Waals surface area contributed by atoms with E-state index >= 15 is 0 Å². The van der Waals surface area contributed by atoms with E-state index in [0.29, 0.717) is 0 Å². The van der Waals surface area contributed by atoms with Crippen LogP contribution >= 0.6 is 0 Å². The predicted molar refractivity (Wildman–Crippen MR) is 77.9 cm³/mol. The molecule has 1 aliphatic carbocycles. The van der Waals surface area contributed by atoms with Gasteiger partial charge in [-0.2, -0.15) is 0 Å². The molecule has 0 unspecified atom stereocenters. The molecule has 2 heteroatoms. The summed E-state index contributed by atoms with van der Waals surface area (Å²) in [4.78, 5) is 2.26. The van der Waals surface area contributed by atoms with Crippen molar-refractivity contribution < 1.29 is 0 Å². The fourth-order valence-corrected chi connectivity index (χ4v) is 2.00. The summed E-state index contributed by atoms with van der Waals surface area (Å²) in [6.45, 7) is 6.49. The van der Waals surface area contributed by atoms with Crippen LogP contribution in [-0.4, -0.2) is 31.1 Å². The second-order valence-corrected chi connectivity index (χ2v) is 6.33. The van der Waals surface area contributed by atoms with Gasteiger partial charge in [0.2, 0.25) is 0 Å². The SMILES string of the molecule is CN(C)C(C)(C)CNCc1ccc(C2CC2)cc1. The first-order chi connectivity index (χ1) is 8.49. The molecule has 1 aliphatic rings. The molecule has 0 amide bonds. The first-order valence-corrected chi connectivity index (χ1v) is 6.96. The Morgan fingerprint density at radius 3 is 2.28 bits per heavy atom. The van der Waals surface area contributed by atoms with Gasteiger partial charge in [0, 0.05) is 18.6 Å². The second kappa shape index (κ2) is 5.41. The average molecular weight is 246 g/mol. The Kier molecular flexibility index (Phi) is 4.08. The van der Waals surface area contributed by atoms with Crippen LogP contribution in [0.1, 0.15) is 43.7 Å². The highest BCUT2D eigenvalue weighted by atomic mass is 15.2. The largest absolute Gasteiger partial charge is 0.311 e. The summed E-state index contributed by atoms with van der Waals surface area (Å²) >= 11 is 0. The first-order valence-electron chi connectivity index (χ1n) is 6.96. The molecule has 2 nitrogen and oxygen atoms in total. The van der Waals surface area contributed by atoms with Gasteiger partial charge in [-0.3, -0.25) is 0 Å². The molecule has 1 fully saturated rings. The van der Waals surface area contributed by atoms with Gasteiger partial charge in [0.1, 0.15) is 0 Å². The summed E-state index contributed by atoms with van der Waals surface area (Å²) in [5, 5.41) is 3.55. The third-order valence-electron chi connectivity index (χ3n) is 4.13. The fourth-order valence-electron chi connectivity index (χ4n) is 2.00. The van der Waals surface area contributed by atoms with Gasteiger partial charge in [-0.25, -0.2) is 0 Å². The van der Waals surface area contributed by atoms with Gasteiger partial charge in [-0.15, -0.1) is 0 Å². The smallest absolute Gasteiger partial charge is 0.0271 e. The molecule has 0 heterocycles. The lowest BCUT2D eigenvalue weighted by molar-refractivity contribution is 0.190. The number of hydrogen-bond donors (Lipinski definition) is 1. The van der Waals surface area contributed by atoms with Crippen molar-refractivity contribution in [2.45, 2.75) is 44.7 Å². The third-order valence-corrected chi connectivity index (χ3v) is 4.13. The van der Waals surface area contributed by atoms with Gasteiger partial charge < -0.3 is 10.2 Å². The van der Waals surface area contributed by atoms with Gasteiger partial charge in [0.15, 0.2) is 0 Å². The number of rotatable bonds is 6. The van der Waals surface area contributed by atoms with Crippen LogP contribution in [0.3, 0.4) is 0 Å². The Morgan fingerprint density at radius 2 is 1.78 bits per heavy atom. The topological polar surface area (TPSA) is 15.3 Å². The molecular weight excluding hydrogens is 220 g/mol. The molecule has 0 radical (unpaired) electrons. The summed E-state index contributed by atoms with van der Waals surface area (Å²) in [6.07, 6.45) is 2.77. The highest BCUT2D eigenvalue weighted by molar-refractivity contribution is 5.27. The number of nitrogens with zero attached hydrogens (tertiary/aromatic N) is 1. The standard InChI is InChI=1S/C16H26N2/c1-16(2,18(3)4)12-17-11-13-5-7-14(8-6-13)15-9-10-15/h5-8,15,17H,9-12H2,1-4H3. The van der Waals surface area contributed by atoms with Crippen LogP contribution in [0.15, 0.2) is 24.3 Å². The lowest BCUT2D eigenvalue weighted by Crippen LogP contribution is -2.46. The normalized spacial score (nSPS) is 16.3. The summed E-state index contributed by atoms with van der Waals surface area (Å²) < 4.78 is 0. The van der Waals surface area contributed by atoms with Gasteiger partial charge in [-0.05, 0) is 57.8 Å². The molecule has 0 bridgehead atoms. The highest BCUT2D eigenvalue weighted by Crippen LogP contribution is 2.39. The van der Waals surface area contributed by atoms with Crippen LogP contribution in [0.4, 0.5) is 0 Å². The molecule has 0 aromatic heterocycles. The summed E-state index contributed by atoms with van der Waals surface area (Å²) in [6, 6.07) is 9.13. The van der Waals surface area contributed by atoms with E-state index in [1.165, 1.54) is 24.0 Å². The molecular formula is C16H26N2. The molecule has 0 aliphatic heterocycles. The van der Waals surface area contributed by atoms with Crippen molar-refractivity contribution in [1.29, 1.82) is 0 Å². The van der Waals surface area contributed by atoms with Crippen LogP contribution in [0.5, 0.6) is 0 Å². The minimum atomic E-state index is 0.202. The Morgan fingerprint density at radius 1 is 1.17 bits per heavy atom. The van der Waals surface area contributed by atoms with Crippen molar-refractivity contribution in [3.63, 3.8) is 0 Å². The van der Waals surface area contributed by atoms with Crippen molar-refractivity contribution in [2.75, 3.05) is 20.6 Å². The van der Waals surface area contributed by atoms with Gasteiger partial charge in [0.05, 0.1) is 0 Å². The Labute approximate surface area is 111 Å². The lowest BCUT2D eigenvalue weighted by atomic mass is 10.0. The van der Waals surface area contributed by atoms with Crippen molar-refractivity contribution in [3.05, 3.63) is 35.4 Å². The molecule has 2 rings (SSSR count). The average Bonchev–Trinajstić information content (AvgIpc) is 3.13. The predicted octanol–water partition coefficient (Wildman–Crippen LogP) is 2.99. The minimum Gasteiger partial charge on any atom is -0.311 e. The summed E-state index contributed by atoms with van der Waals surface area (Å²) in [5.74, 6) is 0.861. The Bertz CT molecular complexity index is 375. The molecule has 1 N–H and O–H groups in total. The van der Waals surface area contributed by atoms with E-state index in [4.69, 9.17) is 0 Å². The molecule has 1 aromatic rings. The minimum absolute atomic E-state index is 0.202. The van der Waals surface area contributed by atoms with E-state index in [9.17, 15) is 0 Å². The monoisotopic (exact) mass is 246 g/mol. The lowest BCUT2D eigenvalue weighted by Gasteiger charge is -2.32. The van der Waals surface area contributed by atoms with Crippen LogP contribution < -0.4 is 5.32 Å². The molecule has 0 spiro atoms. The fraction of sp³-hybridized carbons (Fsp3) is 0.625. The van der Waals surface area contributed by atoms with E-state index in [2.05, 4.69) is 62.4 Å². The molecule has 0 saturated heterocycles. The zero-order valence-corrected chi connectivity index (χ0v) is 12.2. The first kappa shape index (κ1) is 13.6. The van der Waals surface area contributed by atoms with Crippen molar-refractivity contribution in [2.24, 2.45) is 0 Å². The van der Waals surface area contributed by atoms with E-state index in [1.54, 1.807) is 0 Å². The summed E-state index contributed by atoms with van der Waals surface area (Å²) in [7, 11) is 4.26. The maximum absolute atomic E-state index is 3.55. The molecule has 0 atom stereocenters. The van der Waals surface area contributed by atoms with Crippen LogP contribution in [0.25, 0.3) is 0 Å². The van der Waals surface area contributed by atoms with E-state index in [-0.39, 0.29) is 5.54 Å². The van der Waals surface area contributed by atoms with E-state index < -0.39 is 0 Å². The maximum Gasteiger partial charge on any atom is 0.0271 e. The van der Waals surface area contributed by atoms with Gasteiger partial charge in [-0.1, -0.05) is 24.3 Å².